The van der Waals surface area contributed by atoms with Gasteiger partial charge in [0.1, 0.15) is 5.88 Å². The molecule has 2 N–H and O–H groups in total. The fourth-order valence-corrected chi connectivity index (χ4v) is 3.48. The van der Waals surface area contributed by atoms with E-state index in [1.54, 1.807) is 12.4 Å². The molecule has 2 aliphatic rings. The van der Waals surface area contributed by atoms with Crippen molar-refractivity contribution in [2.75, 3.05) is 11.2 Å². The van der Waals surface area contributed by atoms with Gasteiger partial charge in [-0.2, -0.15) is 0 Å². The Balaban J connectivity index is 1.64. The molecule has 7 nitrogen and oxygen atoms in total. The van der Waals surface area contributed by atoms with Crippen LogP contribution in [0.4, 0.5) is 5.95 Å². The van der Waals surface area contributed by atoms with Crippen molar-refractivity contribution in [3.8, 4) is 0 Å². The molecule has 0 unspecified atom stereocenters. The largest absolute Gasteiger partial charge is 0.498 e. The number of carbonyl (C=O) groups excluding carboxylic acids is 1. The van der Waals surface area contributed by atoms with E-state index in [1.165, 1.54) is 0 Å². The van der Waals surface area contributed by atoms with Crippen molar-refractivity contribution in [2.45, 2.75) is 76.7 Å². The summed E-state index contributed by atoms with van der Waals surface area (Å²) in [5, 5.41) is 6.33. The normalized spacial score (nSPS) is 26.6. The molecular weight excluding hydrogens is 366 g/mol. The van der Waals surface area contributed by atoms with Gasteiger partial charge in [-0.25, -0.2) is 9.97 Å². The first kappa shape index (κ1) is 20.4. The van der Waals surface area contributed by atoms with E-state index in [2.05, 4.69) is 20.6 Å². The van der Waals surface area contributed by atoms with Crippen LogP contribution >= 0.6 is 11.6 Å². The number of amides is 1. The van der Waals surface area contributed by atoms with Crippen LogP contribution in [-0.4, -0.2) is 52.2 Å². The van der Waals surface area contributed by atoms with E-state index in [9.17, 15) is 4.79 Å². The maximum atomic E-state index is 11.6. The Kier molecular flexibility index (Phi) is 5.98. The SMILES string of the molecule is CC1(C)OB(c2cnc(N[C@@H]3CCCC[C@H]3NC(=O)CCl)nc2)OC1(C)C. The van der Waals surface area contributed by atoms with Gasteiger partial charge in [-0.3, -0.25) is 4.79 Å². The first-order chi connectivity index (χ1) is 12.7. The zero-order valence-electron chi connectivity index (χ0n) is 16.4. The average Bonchev–Trinajstić information content (AvgIpc) is 2.85. The summed E-state index contributed by atoms with van der Waals surface area (Å²) < 4.78 is 12.1. The van der Waals surface area contributed by atoms with Gasteiger partial charge in [0.2, 0.25) is 11.9 Å². The number of hydrogen-bond acceptors (Lipinski definition) is 6. The number of halogens is 1. The third kappa shape index (κ3) is 4.55. The Morgan fingerprint density at radius 2 is 1.70 bits per heavy atom. The lowest BCUT2D eigenvalue weighted by Crippen LogP contribution is -2.49. The van der Waals surface area contributed by atoms with Crippen molar-refractivity contribution in [2.24, 2.45) is 0 Å². The molecule has 0 spiro atoms. The van der Waals surface area contributed by atoms with Crippen LogP contribution in [0.3, 0.4) is 0 Å². The number of hydrogen-bond donors (Lipinski definition) is 2. The Bertz CT molecular complexity index is 655. The topological polar surface area (TPSA) is 85.4 Å². The predicted molar refractivity (Wildman–Crippen MR) is 106 cm³/mol. The number of aromatic nitrogens is 2. The highest BCUT2D eigenvalue weighted by Crippen LogP contribution is 2.36. The maximum absolute atomic E-state index is 11.6. The van der Waals surface area contributed by atoms with Crippen LogP contribution in [0.5, 0.6) is 0 Å². The van der Waals surface area contributed by atoms with Crippen molar-refractivity contribution in [1.82, 2.24) is 15.3 Å². The molecule has 27 heavy (non-hydrogen) atoms. The first-order valence-electron chi connectivity index (χ1n) is 9.51. The monoisotopic (exact) mass is 394 g/mol. The number of rotatable bonds is 5. The van der Waals surface area contributed by atoms with Gasteiger partial charge in [-0.15, -0.1) is 11.6 Å². The van der Waals surface area contributed by atoms with Gasteiger partial charge in [-0.1, -0.05) is 12.8 Å². The van der Waals surface area contributed by atoms with Crippen molar-refractivity contribution >= 4 is 36.0 Å². The van der Waals surface area contributed by atoms with Crippen LogP contribution in [-0.2, 0) is 14.1 Å². The van der Waals surface area contributed by atoms with Gasteiger partial charge >= 0.3 is 7.12 Å². The number of nitrogens with one attached hydrogen (secondary N) is 2. The summed E-state index contributed by atoms with van der Waals surface area (Å²) in [4.78, 5) is 20.5. The molecule has 1 aromatic rings. The van der Waals surface area contributed by atoms with Crippen molar-refractivity contribution in [1.29, 1.82) is 0 Å². The summed E-state index contributed by atoms with van der Waals surface area (Å²) in [6, 6.07) is 0.130. The number of nitrogens with zero attached hydrogens (tertiary/aromatic N) is 2. The summed E-state index contributed by atoms with van der Waals surface area (Å²) in [7, 11) is -0.477. The van der Waals surface area contributed by atoms with E-state index in [1.807, 2.05) is 27.7 Å². The number of alkyl halides is 1. The Hall–Kier alpha value is -1.38. The molecule has 1 aliphatic heterocycles. The second-order valence-electron chi connectivity index (χ2n) is 8.27. The van der Waals surface area contributed by atoms with E-state index in [4.69, 9.17) is 20.9 Å². The fraction of sp³-hybridized carbons (Fsp3) is 0.722. The average molecular weight is 395 g/mol. The molecule has 1 saturated heterocycles. The van der Waals surface area contributed by atoms with Crippen molar-refractivity contribution < 1.29 is 14.1 Å². The highest BCUT2D eigenvalue weighted by Gasteiger charge is 2.52. The molecule has 1 aliphatic carbocycles. The van der Waals surface area contributed by atoms with E-state index in [0.29, 0.717) is 5.95 Å². The van der Waals surface area contributed by atoms with E-state index >= 15 is 0 Å². The predicted octanol–water partition coefficient (Wildman–Crippen LogP) is 1.85. The molecule has 2 heterocycles. The summed E-state index contributed by atoms with van der Waals surface area (Å²) in [5.41, 5.74) is -0.00967. The first-order valence-corrected chi connectivity index (χ1v) is 10.0. The van der Waals surface area contributed by atoms with E-state index in [0.717, 1.165) is 31.1 Å². The van der Waals surface area contributed by atoms with Gasteiger partial charge in [-0.05, 0) is 40.5 Å². The highest BCUT2D eigenvalue weighted by molar-refractivity contribution is 6.61. The smallest absolute Gasteiger partial charge is 0.399 e. The minimum absolute atomic E-state index is 0.0253. The zero-order valence-corrected chi connectivity index (χ0v) is 17.2. The summed E-state index contributed by atoms with van der Waals surface area (Å²) >= 11 is 5.62. The molecule has 2 atom stereocenters. The lowest BCUT2D eigenvalue weighted by molar-refractivity contribution is -0.119. The zero-order chi connectivity index (χ0) is 19.7. The molecule has 0 radical (unpaired) electrons. The van der Waals surface area contributed by atoms with E-state index < -0.39 is 18.3 Å². The molecule has 2 fully saturated rings. The minimum atomic E-state index is -0.477. The molecule has 1 aromatic heterocycles. The van der Waals surface area contributed by atoms with Crippen LogP contribution in [0.25, 0.3) is 0 Å². The van der Waals surface area contributed by atoms with Crippen LogP contribution in [0.2, 0.25) is 0 Å². The highest BCUT2D eigenvalue weighted by atomic mass is 35.5. The molecule has 3 rings (SSSR count). The quantitative estimate of drug-likeness (QED) is 0.585. The van der Waals surface area contributed by atoms with Gasteiger partial charge in [0.15, 0.2) is 0 Å². The maximum Gasteiger partial charge on any atom is 0.498 e. The molecule has 1 amide bonds. The summed E-state index contributed by atoms with van der Waals surface area (Å²) in [6.45, 7) is 8.06. The van der Waals surface area contributed by atoms with Crippen molar-refractivity contribution in [3.05, 3.63) is 12.4 Å². The Morgan fingerprint density at radius 3 is 2.26 bits per heavy atom. The molecule has 0 bridgehead atoms. The van der Waals surface area contributed by atoms with Crippen molar-refractivity contribution in [3.63, 3.8) is 0 Å². The van der Waals surface area contributed by atoms with Crippen LogP contribution in [0.15, 0.2) is 12.4 Å². The van der Waals surface area contributed by atoms with Crippen LogP contribution < -0.4 is 16.1 Å². The third-order valence-corrected chi connectivity index (χ3v) is 5.99. The van der Waals surface area contributed by atoms with Gasteiger partial charge in [0, 0.05) is 29.9 Å². The third-order valence-electron chi connectivity index (χ3n) is 5.75. The number of carbonyl (C=O) groups is 1. The number of anilines is 1. The molecule has 1 saturated carbocycles. The second-order valence-corrected chi connectivity index (χ2v) is 8.54. The Morgan fingerprint density at radius 1 is 1.15 bits per heavy atom. The minimum Gasteiger partial charge on any atom is -0.399 e. The van der Waals surface area contributed by atoms with Gasteiger partial charge < -0.3 is 19.9 Å². The summed E-state index contributed by atoms with van der Waals surface area (Å²) in [6.07, 6.45) is 7.53. The molecule has 148 valence electrons. The second kappa shape index (κ2) is 7.93. The van der Waals surface area contributed by atoms with Gasteiger partial charge in [0.05, 0.1) is 11.2 Å². The molecular formula is C18H28BClN4O3. The van der Waals surface area contributed by atoms with Crippen LogP contribution in [0.1, 0.15) is 53.4 Å². The Labute approximate surface area is 166 Å². The standard InChI is InChI=1S/C18H28BClN4O3/c1-17(2)18(3,4)27-19(26-17)12-10-21-16(22-11-12)24-14-8-6-5-7-13(14)23-15(25)9-20/h10-11,13-14H,5-9H2,1-4H3,(H,23,25)(H,21,22,24)/t13-,14-/m1/s1. The summed E-state index contributed by atoms with van der Waals surface area (Å²) in [5.74, 6) is 0.363. The lowest BCUT2D eigenvalue weighted by atomic mass is 9.81. The van der Waals surface area contributed by atoms with Gasteiger partial charge in [0.25, 0.3) is 0 Å². The fourth-order valence-electron chi connectivity index (χ4n) is 3.40. The molecule has 0 aromatic carbocycles. The van der Waals surface area contributed by atoms with Crippen LogP contribution in [0, 0.1) is 0 Å². The van der Waals surface area contributed by atoms with E-state index in [-0.39, 0.29) is 23.9 Å². The molecule has 9 heteroatoms. The lowest BCUT2D eigenvalue weighted by Gasteiger charge is -2.32.